The summed E-state index contributed by atoms with van der Waals surface area (Å²) in [6, 6.07) is 16.0. The molecule has 0 atom stereocenters. The number of hydrogen-bond acceptors (Lipinski definition) is 1. The van der Waals surface area contributed by atoms with Crippen LogP contribution in [0.15, 0.2) is 48.5 Å². The van der Waals surface area contributed by atoms with Crippen LogP contribution in [0.25, 0.3) is 0 Å². The van der Waals surface area contributed by atoms with Crippen molar-refractivity contribution in [3.8, 4) is 11.5 Å². The molecule has 0 aliphatic carbocycles. The van der Waals surface area contributed by atoms with Crippen molar-refractivity contribution in [2.45, 2.75) is 19.2 Å². The Labute approximate surface area is 107 Å². The van der Waals surface area contributed by atoms with Gasteiger partial charge in [-0.15, -0.1) is 11.6 Å². The highest BCUT2D eigenvalue weighted by Crippen LogP contribution is 2.23. The highest BCUT2D eigenvalue weighted by atomic mass is 35.5. The Balaban J connectivity index is 2.18. The van der Waals surface area contributed by atoms with Crippen molar-refractivity contribution >= 4 is 11.6 Å². The quantitative estimate of drug-likeness (QED) is 0.706. The van der Waals surface area contributed by atoms with E-state index in [-0.39, 0.29) is 0 Å². The molecular weight excluding hydrogens is 232 g/mol. The lowest BCUT2D eigenvalue weighted by molar-refractivity contribution is 0.481. The molecule has 0 heterocycles. The van der Waals surface area contributed by atoms with E-state index in [1.54, 1.807) is 0 Å². The van der Waals surface area contributed by atoms with E-state index in [1.807, 2.05) is 36.4 Å². The molecule has 2 rings (SSSR count). The molecule has 0 aliphatic heterocycles. The van der Waals surface area contributed by atoms with Crippen LogP contribution in [0.4, 0.5) is 0 Å². The molecule has 0 aliphatic rings. The van der Waals surface area contributed by atoms with Crippen LogP contribution >= 0.6 is 11.6 Å². The molecule has 0 fully saturated rings. The monoisotopic (exact) mass is 246 g/mol. The SMILES string of the molecule is CCc1cccc(Oc2cccc(CCl)c2)c1. The molecule has 88 valence electrons. The Morgan fingerprint density at radius 1 is 0.941 bits per heavy atom. The minimum Gasteiger partial charge on any atom is -0.457 e. The van der Waals surface area contributed by atoms with Gasteiger partial charge in [-0.3, -0.25) is 0 Å². The first kappa shape index (κ1) is 12.0. The fourth-order valence-electron chi connectivity index (χ4n) is 1.66. The molecule has 0 amide bonds. The molecule has 2 aromatic carbocycles. The Hall–Kier alpha value is -1.47. The lowest BCUT2D eigenvalue weighted by Gasteiger charge is -2.07. The van der Waals surface area contributed by atoms with Crippen molar-refractivity contribution in [3.05, 3.63) is 59.7 Å². The summed E-state index contributed by atoms with van der Waals surface area (Å²) in [5, 5.41) is 0. The predicted octanol–water partition coefficient (Wildman–Crippen LogP) is 4.78. The second-order valence-electron chi connectivity index (χ2n) is 3.88. The zero-order valence-electron chi connectivity index (χ0n) is 9.82. The van der Waals surface area contributed by atoms with Crippen LogP contribution in [0.2, 0.25) is 0 Å². The van der Waals surface area contributed by atoms with Crippen molar-refractivity contribution in [2.24, 2.45) is 0 Å². The van der Waals surface area contributed by atoms with E-state index in [0.29, 0.717) is 5.88 Å². The summed E-state index contributed by atoms with van der Waals surface area (Å²) in [5.41, 5.74) is 2.34. The minimum absolute atomic E-state index is 0.506. The van der Waals surface area contributed by atoms with Gasteiger partial charge in [0.25, 0.3) is 0 Å². The maximum absolute atomic E-state index is 5.80. The molecule has 17 heavy (non-hydrogen) atoms. The second-order valence-corrected chi connectivity index (χ2v) is 4.15. The Kier molecular flexibility index (Phi) is 4.05. The summed E-state index contributed by atoms with van der Waals surface area (Å²) >= 11 is 5.79. The van der Waals surface area contributed by atoms with E-state index < -0.39 is 0 Å². The van der Waals surface area contributed by atoms with Crippen LogP contribution in [0.1, 0.15) is 18.1 Å². The summed E-state index contributed by atoms with van der Waals surface area (Å²) in [6.07, 6.45) is 1.01. The van der Waals surface area contributed by atoms with Gasteiger partial charge >= 0.3 is 0 Å². The van der Waals surface area contributed by atoms with Crippen molar-refractivity contribution in [1.82, 2.24) is 0 Å². The average Bonchev–Trinajstić information content (AvgIpc) is 2.39. The Morgan fingerprint density at radius 2 is 1.53 bits per heavy atom. The normalized spacial score (nSPS) is 10.2. The highest BCUT2D eigenvalue weighted by molar-refractivity contribution is 6.17. The third-order valence-electron chi connectivity index (χ3n) is 2.60. The lowest BCUT2D eigenvalue weighted by Crippen LogP contribution is -1.87. The highest BCUT2D eigenvalue weighted by Gasteiger charge is 1.99. The molecule has 2 aromatic rings. The number of halogens is 1. The van der Waals surface area contributed by atoms with Crippen molar-refractivity contribution in [2.75, 3.05) is 0 Å². The van der Waals surface area contributed by atoms with Gasteiger partial charge in [-0.05, 0) is 41.8 Å². The average molecular weight is 247 g/mol. The van der Waals surface area contributed by atoms with E-state index in [0.717, 1.165) is 23.5 Å². The second kappa shape index (κ2) is 5.74. The summed E-state index contributed by atoms with van der Waals surface area (Å²) in [6.45, 7) is 2.13. The summed E-state index contributed by atoms with van der Waals surface area (Å²) in [4.78, 5) is 0. The predicted molar refractivity (Wildman–Crippen MR) is 71.9 cm³/mol. The van der Waals surface area contributed by atoms with E-state index in [9.17, 15) is 0 Å². The number of ether oxygens (including phenoxy) is 1. The zero-order chi connectivity index (χ0) is 12.1. The van der Waals surface area contributed by atoms with E-state index >= 15 is 0 Å². The Morgan fingerprint density at radius 3 is 2.12 bits per heavy atom. The number of hydrogen-bond donors (Lipinski definition) is 0. The van der Waals surface area contributed by atoms with Crippen LogP contribution in [-0.4, -0.2) is 0 Å². The Bertz CT molecular complexity index is 448. The third kappa shape index (κ3) is 3.24. The fraction of sp³-hybridized carbons (Fsp3) is 0.200. The van der Waals surface area contributed by atoms with Crippen LogP contribution in [-0.2, 0) is 12.3 Å². The fourth-order valence-corrected chi connectivity index (χ4v) is 1.82. The van der Waals surface area contributed by atoms with Gasteiger partial charge in [-0.1, -0.05) is 31.2 Å². The first-order chi connectivity index (χ1) is 8.31. The van der Waals surface area contributed by atoms with Crippen molar-refractivity contribution in [1.29, 1.82) is 0 Å². The van der Waals surface area contributed by atoms with Crippen LogP contribution in [0.5, 0.6) is 11.5 Å². The number of benzene rings is 2. The first-order valence-electron chi connectivity index (χ1n) is 5.73. The lowest BCUT2D eigenvalue weighted by atomic mass is 10.2. The van der Waals surface area contributed by atoms with Gasteiger partial charge in [0.1, 0.15) is 11.5 Å². The number of rotatable bonds is 4. The topological polar surface area (TPSA) is 9.23 Å². The number of alkyl halides is 1. The van der Waals surface area contributed by atoms with Gasteiger partial charge in [-0.25, -0.2) is 0 Å². The zero-order valence-corrected chi connectivity index (χ0v) is 10.6. The molecule has 1 nitrogen and oxygen atoms in total. The maximum Gasteiger partial charge on any atom is 0.127 e. The molecule has 0 spiro atoms. The summed E-state index contributed by atoms with van der Waals surface area (Å²) < 4.78 is 5.80. The van der Waals surface area contributed by atoms with Crippen molar-refractivity contribution in [3.63, 3.8) is 0 Å². The van der Waals surface area contributed by atoms with Crippen LogP contribution in [0.3, 0.4) is 0 Å². The number of aryl methyl sites for hydroxylation is 1. The van der Waals surface area contributed by atoms with Gasteiger partial charge in [0.15, 0.2) is 0 Å². The van der Waals surface area contributed by atoms with Crippen molar-refractivity contribution < 1.29 is 4.74 Å². The summed E-state index contributed by atoms with van der Waals surface area (Å²) in [7, 11) is 0. The molecule has 0 N–H and O–H groups in total. The third-order valence-corrected chi connectivity index (χ3v) is 2.90. The van der Waals surface area contributed by atoms with Crippen LogP contribution < -0.4 is 4.74 Å². The van der Waals surface area contributed by atoms with E-state index in [4.69, 9.17) is 16.3 Å². The molecule has 0 bridgehead atoms. The van der Waals surface area contributed by atoms with Gasteiger partial charge in [0.2, 0.25) is 0 Å². The molecular formula is C15H15ClO. The molecule has 2 heteroatoms. The smallest absolute Gasteiger partial charge is 0.127 e. The van der Waals surface area contributed by atoms with Gasteiger partial charge in [0, 0.05) is 5.88 Å². The minimum atomic E-state index is 0.506. The van der Waals surface area contributed by atoms with E-state index in [2.05, 4.69) is 19.1 Å². The molecule has 0 unspecified atom stereocenters. The summed E-state index contributed by atoms with van der Waals surface area (Å²) in [5.74, 6) is 2.21. The van der Waals surface area contributed by atoms with Gasteiger partial charge < -0.3 is 4.74 Å². The van der Waals surface area contributed by atoms with E-state index in [1.165, 1.54) is 5.56 Å². The van der Waals surface area contributed by atoms with Gasteiger partial charge in [-0.2, -0.15) is 0 Å². The molecule has 0 saturated heterocycles. The maximum atomic E-state index is 5.80. The first-order valence-corrected chi connectivity index (χ1v) is 6.27. The molecule has 0 saturated carbocycles. The van der Waals surface area contributed by atoms with Crippen LogP contribution in [0, 0.1) is 0 Å². The van der Waals surface area contributed by atoms with Gasteiger partial charge in [0.05, 0.1) is 0 Å². The molecule has 0 aromatic heterocycles. The standard InChI is InChI=1S/C15H15ClO/c1-2-12-5-3-7-14(9-12)17-15-8-4-6-13(10-15)11-16/h3-10H,2,11H2,1H3. The largest absolute Gasteiger partial charge is 0.457 e. The molecule has 0 radical (unpaired) electrons.